The lowest BCUT2D eigenvalue weighted by Gasteiger charge is -2.03. The summed E-state index contributed by atoms with van der Waals surface area (Å²) in [7, 11) is -3.83. The quantitative estimate of drug-likeness (QED) is 0.745. The van der Waals surface area contributed by atoms with Gasteiger partial charge < -0.3 is 4.98 Å². The number of aromatic amines is 1. The molecule has 23 heavy (non-hydrogen) atoms. The zero-order chi connectivity index (χ0) is 16.4. The third kappa shape index (κ3) is 2.77. The number of rotatable bonds is 3. The van der Waals surface area contributed by atoms with Crippen LogP contribution in [0.5, 0.6) is 0 Å². The monoisotopic (exact) mass is 322 g/mol. The fourth-order valence-electron chi connectivity index (χ4n) is 2.37. The fourth-order valence-corrected chi connectivity index (χ4v) is 3.52. The van der Waals surface area contributed by atoms with Crippen molar-refractivity contribution in [1.29, 1.82) is 5.26 Å². The molecule has 1 N–H and O–H groups in total. The van der Waals surface area contributed by atoms with Gasteiger partial charge in [0, 0.05) is 22.7 Å². The van der Waals surface area contributed by atoms with Crippen molar-refractivity contribution >= 4 is 26.8 Å². The van der Waals surface area contributed by atoms with E-state index in [1.54, 1.807) is 18.3 Å². The molecule has 0 radical (unpaired) electrons. The lowest BCUT2D eigenvalue weighted by Crippen LogP contribution is -2.03. The predicted octanol–water partition coefficient (Wildman–Crippen LogP) is 3.81. The molecule has 3 rings (SSSR count). The van der Waals surface area contributed by atoms with Gasteiger partial charge in [-0.15, -0.1) is 0 Å². The van der Waals surface area contributed by atoms with Crippen LogP contribution in [0.25, 0.3) is 17.0 Å². The molecular weight excluding hydrogens is 308 g/mol. The van der Waals surface area contributed by atoms with E-state index in [1.165, 1.54) is 18.2 Å². The summed E-state index contributed by atoms with van der Waals surface area (Å²) in [6.45, 7) is 1.88. The molecule has 3 aromatic rings. The summed E-state index contributed by atoms with van der Waals surface area (Å²) in [5.74, 6) is 0. The Morgan fingerprint density at radius 2 is 1.83 bits per heavy atom. The topological polar surface area (TPSA) is 73.7 Å². The molecule has 4 nitrogen and oxygen atoms in total. The van der Waals surface area contributed by atoms with Crippen LogP contribution in [-0.2, 0) is 9.84 Å². The lowest BCUT2D eigenvalue weighted by molar-refractivity contribution is 0.603. The Bertz CT molecular complexity index is 1040. The highest BCUT2D eigenvalue weighted by molar-refractivity contribution is 7.95. The number of nitriles is 1. The normalized spacial score (nSPS) is 12.3. The second kappa shape index (κ2) is 5.75. The molecule has 5 heteroatoms. The van der Waals surface area contributed by atoms with Crippen LogP contribution in [0.1, 0.15) is 11.1 Å². The van der Waals surface area contributed by atoms with Gasteiger partial charge in [0.05, 0.1) is 4.90 Å². The highest BCUT2D eigenvalue weighted by Gasteiger charge is 2.21. The van der Waals surface area contributed by atoms with Gasteiger partial charge in [0.25, 0.3) is 0 Å². The van der Waals surface area contributed by atoms with Crippen molar-refractivity contribution in [3.05, 3.63) is 70.8 Å². The molecule has 0 aliphatic rings. The standard InChI is InChI=1S/C18H14N2O2S/c1-13-6-8-15(9-7-13)23(21,22)16(11-19)10-14-12-20-18-5-3-2-4-17(14)18/h2-10,12,20H,1H3/b16-10+. The smallest absolute Gasteiger partial charge is 0.216 e. The highest BCUT2D eigenvalue weighted by Crippen LogP contribution is 2.25. The number of aryl methyl sites for hydroxylation is 1. The molecule has 0 fully saturated rings. The van der Waals surface area contributed by atoms with E-state index in [4.69, 9.17) is 0 Å². The molecule has 0 unspecified atom stereocenters. The van der Waals surface area contributed by atoms with Crippen LogP contribution in [0.4, 0.5) is 0 Å². The molecule has 2 aromatic carbocycles. The number of fused-ring (bicyclic) bond motifs is 1. The van der Waals surface area contributed by atoms with Crippen LogP contribution < -0.4 is 0 Å². The van der Waals surface area contributed by atoms with Gasteiger partial charge in [-0.05, 0) is 31.2 Å². The number of para-hydroxylation sites is 1. The third-order valence-corrected chi connectivity index (χ3v) is 5.32. The maximum Gasteiger partial charge on any atom is 0.216 e. The van der Waals surface area contributed by atoms with Crippen LogP contribution in [0, 0.1) is 18.3 Å². The number of nitrogens with one attached hydrogen (secondary N) is 1. The van der Waals surface area contributed by atoms with E-state index in [0.29, 0.717) is 5.56 Å². The van der Waals surface area contributed by atoms with E-state index in [-0.39, 0.29) is 9.80 Å². The first-order chi connectivity index (χ1) is 11.0. The number of aromatic nitrogens is 1. The number of nitrogens with zero attached hydrogens (tertiary/aromatic N) is 1. The Morgan fingerprint density at radius 3 is 2.52 bits per heavy atom. The van der Waals surface area contributed by atoms with Crippen molar-refractivity contribution in [2.45, 2.75) is 11.8 Å². The zero-order valence-electron chi connectivity index (χ0n) is 12.4. The minimum atomic E-state index is -3.83. The summed E-state index contributed by atoms with van der Waals surface area (Å²) in [6, 6.07) is 15.8. The number of hydrogen-bond donors (Lipinski definition) is 1. The van der Waals surface area contributed by atoms with E-state index in [2.05, 4.69) is 4.98 Å². The Kier molecular flexibility index (Phi) is 3.77. The Balaban J connectivity index is 2.12. The van der Waals surface area contributed by atoms with E-state index in [0.717, 1.165) is 16.5 Å². The minimum absolute atomic E-state index is 0.121. The fraction of sp³-hybridized carbons (Fsp3) is 0.0556. The summed E-state index contributed by atoms with van der Waals surface area (Å²) in [4.78, 5) is 2.92. The molecule has 0 aliphatic heterocycles. The van der Waals surface area contributed by atoms with Crippen molar-refractivity contribution in [3.8, 4) is 6.07 Å². The van der Waals surface area contributed by atoms with E-state index in [9.17, 15) is 13.7 Å². The molecule has 0 aliphatic carbocycles. The van der Waals surface area contributed by atoms with Crippen LogP contribution >= 0.6 is 0 Å². The van der Waals surface area contributed by atoms with Crippen molar-refractivity contribution in [1.82, 2.24) is 4.98 Å². The van der Waals surface area contributed by atoms with Crippen molar-refractivity contribution in [3.63, 3.8) is 0 Å². The van der Waals surface area contributed by atoms with Gasteiger partial charge in [0.1, 0.15) is 11.0 Å². The molecule has 0 saturated carbocycles. The average molecular weight is 322 g/mol. The van der Waals surface area contributed by atoms with Gasteiger partial charge in [-0.1, -0.05) is 35.9 Å². The molecule has 0 saturated heterocycles. The van der Waals surface area contributed by atoms with Crippen molar-refractivity contribution in [2.24, 2.45) is 0 Å². The molecule has 1 aromatic heterocycles. The first kappa shape index (κ1) is 15.1. The summed E-state index contributed by atoms with van der Waals surface area (Å²) in [6.07, 6.45) is 3.11. The summed E-state index contributed by atoms with van der Waals surface area (Å²) < 4.78 is 25.3. The Hall–Kier alpha value is -2.84. The van der Waals surface area contributed by atoms with Gasteiger partial charge in [0.15, 0.2) is 0 Å². The van der Waals surface area contributed by atoms with Gasteiger partial charge in [0.2, 0.25) is 9.84 Å². The maximum absolute atomic E-state index is 12.6. The van der Waals surface area contributed by atoms with Crippen LogP contribution in [0.15, 0.2) is 64.5 Å². The molecular formula is C18H14N2O2S. The number of allylic oxidation sites excluding steroid dienone is 1. The maximum atomic E-state index is 12.6. The molecule has 0 amide bonds. The molecule has 0 atom stereocenters. The summed E-state index contributed by atoms with van der Waals surface area (Å²) >= 11 is 0. The molecule has 1 heterocycles. The Morgan fingerprint density at radius 1 is 1.13 bits per heavy atom. The van der Waals surface area contributed by atoms with Gasteiger partial charge in [-0.3, -0.25) is 0 Å². The number of sulfone groups is 1. The zero-order valence-corrected chi connectivity index (χ0v) is 13.3. The highest BCUT2D eigenvalue weighted by atomic mass is 32.2. The number of benzene rings is 2. The van der Waals surface area contributed by atoms with Crippen molar-refractivity contribution < 1.29 is 8.42 Å². The largest absolute Gasteiger partial charge is 0.361 e. The first-order valence-corrected chi connectivity index (χ1v) is 8.50. The van der Waals surface area contributed by atoms with Crippen LogP contribution in [-0.4, -0.2) is 13.4 Å². The van der Waals surface area contributed by atoms with Gasteiger partial charge in [-0.25, -0.2) is 8.42 Å². The van der Waals surface area contributed by atoms with Crippen molar-refractivity contribution in [2.75, 3.05) is 0 Å². The van der Waals surface area contributed by atoms with Crippen LogP contribution in [0.3, 0.4) is 0 Å². The average Bonchev–Trinajstić information content (AvgIpc) is 2.96. The Labute approximate surface area is 134 Å². The SMILES string of the molecule is Cc1ccc(S(=O)(=O)/C(C#N)=C/c2c[nH]c3ccccc23)cc1. The molecule has 114 valence electrons. The van der Waals surface area contributed by atoms with E-state index >= 15 is 0 Å². The second-order valence-electron chi connectivity index (χ2n) is 5.23. The lowest BCUT2D eigenvalue weighted by atomic mass is 10.1. The summed E-state index contributed by atoms with van der Waals surface area (Å²) in [5.41, 5.74) is 2.53. The molecule has 0 bridgehead atoms. The number of hydrogen-bond acceptors (Lipinski definition) is 3. The third-order valence-electron chi connectivity index (χ3n) is 3.64. The second-order valence-corrected chi connectivity index (χ2v) is 7.14. The van der Waals surface area contributed by atoms with Gasteiger partial charge >= 0.3 is 0 Å². The van der Waals surface area contributed by atoms with E-state index in [1.807, 2.05) is 37.3 Å². The first-order valence-electron chi connectivity index (χ1n) is 7.02. The number of H-pyrrole nitrogens is 1. The van der Waals surface area contributed by atoms with Crippen LogP contribution in [0.2, 0.25) is 0 Å². The minimum Gasteiger partial charge on any atom is -0.361 e. The summed E-state index contributed by atoms with van der Waals surface area (Å²) in [5, 5.41) is 10.2. The predicted molar refractivity (Wildman–Crippen MR) is 90.3 cm³/mol. The molecule has 0 spiro atoms. The van der Waals surface area contributed by atoms with Gasteiger partial charge in [-0.2, -0.15) is 5.26 Å². The van der Waals surface area contributed by atoms with E-state index < -0.39 is 9.84 Å².